The summed E-state index contributed by atoms with van der Waals surface area (Å²) < 4.78 is 5.69. The Morgan fingerprint density at radius 3 is 2.56 bits per heavy atom. The third-order valence-electron chi connectivity index (χ3n) is 4.44. The van der Waals surface area contributed by atoms with E-state index in [1.54, 1.807) is 7.05 Å². The molecule has 0 aromatic heterocycles. The van der Waals surface area contributed by atoms with Gasteiger partial charge in [-0.1, -0.05) is 11.6 Å². The fourth-order valence-corrected chi connectivity index (χ4v) is 3.11. The number of aliphatic imine (C=N–C) groups is 1. The van der Waals surface area contributed by atoms with Crippen LogP contribution in [0.3, 0.4) is 0 Å². The second-order valence-corrected chi connectivity index (χ2v) is 6.78. The summed E-state index contributed by atoms with van der Waals surface area (Å²) in [5.74, 6) is 2.31. The predicted molar refractivity (Wildman–Crippen MR) is 121 cm³/mol. The number of ether oxygens (including phenoxy) is 1. The molecule has 1 aliphatic heterocycles. The van der Waals surface area contributed by atoms with Crippen LogP contribution in [0.4, 0.5) is 0 Å². The molecule has 1 heterocycles. The quantitative estimate of drug-likeness (QED) is 0.257. The molecule has 1 aromatic carbocycles. The maximum absolute atomic E-state index is 11.5. The van der Waals surface area contributed by atoms with Gasteiger partial charge in [0.05, 0.1) is 6.54 Å². The van der Waals surface area contributed by atoms with Crippen molar-refractivity contribution in [2.75, 3.05) is 39.8 Å². The lowest BCUT2D eigenvalue weighted by atomic mass is 9.93. The van der Waals surface area contributed by atoms with Gasteiger partial charge in [-0.05, 0) is 49.9 Å². The molecule has 2 N–H and O–H groups in total. The van der Waals surface area contributed by atoms with E-state index in [1.807, 2.05) is 24.3 Å². The normalized spacial score (nSPS) is 15.1. The maximum atomic E-state index is 11.5. The number of nitrogens with zero attached hydrogens (tertiary/aromatic N) is 2. The lowest BCUT2D eigenvalue weighted by molar-refractivity contribution is -0.121. The zero-order valence-electron chi connectivity index (χ0n) is 16.0. The Balaban J connectivity index is 0.00000364. The standard InChI is InChI=1S/C19H29ClN4O2.HI/c1-3-22-19(23-10-13-26-17-6-4-16(20)5-7-17)24-11-8-15(9-12-24)14-18(25)21-2;/h4-7,15H,3,8-14H2,1-2H3,(H,21,25)(H,22,23);1H. The van der Waals surface area contributed by atoms with Crippen molar-refractivity contribution >= 4 is 47.4 Å². The minimum absolute atomic E-state index is 0. The van der Waals surface area contributed by atoms with E-state index in [9.17, 15) is 4.79 Å². The number of likely N-dealkylation sites (tertiary alicyclic amines) is 1. The molecule has 152 valence electrons. The highest BCUT2D eigenvalue weighted by atomic mass is 127. The van der Waals surface area contributed by atoms with Crippen molar-refractivity contribution < 1.29 is 9.53 Å². The van der Waals surface area contributed by atoms with Crippen LogP contribution in [0, 0.1) is 5.92 Å². The zero-order valence-corrected chi connectivity index (χ0v) is 19.1. The summed E-state index contributed by atoms with van der Waals surface area (Å²) in [6.07, 6.45) is 2.64. The van der Waals surface area contributed by atoms with Crippen LogP contribution in [0.2, 0.25) is 5.02 Å². The minimum atomic E-state index is 0. The number of benzene rings is 1. The molecule has 0 unspecified atom stereocenters. The lowest BCUT2D eigenvalue weighted by Gasteiger charge is -2.34. The van der Waals surface area contributed by atoms with Gasteiger partial charge in [-0.2, -0.15) is 0 Å². The van der Waals surface area contributed by atoms with Gasteiger partial charge in [-0.3, -0.25) is 4.79 Å². The van der Waals surface area contributed by atoms with Gasteiger partial charge < -0.3 is 20.3 Å². The molecule has 1 aromatic rings. The van der Waals surface area contributed by atoms with Crippen molar-refractivity contribution in [3.05, 3.63) is 29.3 Å². The number of carbonyl (C=O) groups is 1. The van der Waals surface area contributed by atoms with Gasteiger partial charge in [0.15, 0.2) is 5.96 Å². The first-order valence-electron chi connectivity index (χ1n) is 9.24. The minimum Gasteiger partial charge on any atom is -0.492 e. The van der Waals surface area contributed by atoms with Crippen molar-refractivity contribution in [2.24, 2.45) is 10.9 Å². The van der Waals surface area contributed by atoms with Gasteiger partial charge in [0.1, 0.15) is 12.4 Å². The first-order chi connectivity index (χ1) is 12.6. The lowest BCUT2D eigenvalue weighted by Crippen LogP contribution is -2.46. The Bertz CT molecular complexity index is 590. The number of hydrogen-bond acceptors (Lipinski definition) is 3. The Hall–Kier alpha value is -1.22. The van der Waals surface area contributed by atoms with Crippen LogP contribution in [0.5, 0.6) is 5.75 Å². The third kappa shape index (κ3) is 8.55. The molecule has 0 saturated carbocycles. The average Bonchev–Trinajstić information content (AvgIpc) is 2.66. The zero-order chi connectivity index (χ0) is 18.8. The SMILES string of the molecule is CCNC(=NCCOc1ccc(Cl)cc1)N1CCC(CC(=O)NC)CC1.I. The number of guanidine groups is 1. The Kier molecular flexibility index (Phi) is 11.5. The number of piperidine rings is 1. The highest BCUT2D eigenvalue weighted by Gasteiger charge is 2.22. The Morgan fingerprint density at radius 2 is 1.96 bits per heavy atom. The molecule has 1 amide bonds. The van der Waals surface area contributed by atoms with Crippen molar-refractivity contribution in [1.29, 1.82) is 0 Å². The molecular formula is C19H30ClIN4O2. The van der Waals surface area contributed by atoms with Gasteiger partial charge >= 0.3 is 0 Å². The van der Waals surface area contributed by atoms with Crippen molar-refractivity contribution in [3.63, 3.8) is 0 Å². The largest absolute Gasteiger partial charge is 0.492 e. The molecule has 0 bridgehead atoms. The molecule has 0 atom stereocenters. The average molecular weight is 509 g/mol. The molecule has 2 rings (SSSR count). The maximum Gasteiger partial charge on any atom is 0.220 e. The van der Waals surface area contributed by atoms with Crippen molar-refractivity contribution in [2.45, 2.75) is 26.2 Å². The summed E-state index contributed by atoms with van der Waals surface area (Å²) in [4.78, 5) is 18.5. The predicted octanol–water partition coefficient (Wildman–Crippen LogP) is 3.15. The van der Waals surface area contributed by atoms with Crippen LogP contribution in [0.25, 0.3) is 0 Å². The number of rotatable bonds is 7. The van der Waals surface area contributed by atoms with Crippen LogP contribution < -0.4 is 15.4 Å². The number of amides is 1. The second kappa shape index (κ2) is 13.0. The summed E-state index contributed by atoms with van der Waals surface area (Å²) >= 11 is 5.87. The highest BCUT2D eigenvalue weighted by Crippen LogP contribution is 2.20. The van der Waals surface area contributed by atoms with E-state index in [0.717, 1.165) is 44.2 Å². The van der Waals surface area contributed by atoms with Crippen molar-refractivity contribution in [1.82, 2.24) is 15.5 Å². The van der Waals surface area contributed by atoms with Crippen LogP contribution >= 0.6 is 35.6 Å². The van der Waals surface area contributed by atoms with E-state index < -0.39 is 0 Å². The third-order valence-corrected chi connectivity index (χ3v) is 4.69. The molecule has 1 aliphatic rings. The molecule has 0 radical (unpaired) electrons. The summed E-state index contributed by atoms with van der Waals surface area (Å²) in [7, 11) is 1.69. The van der Waals surface area contributed by atoms with Crippen molar-refractivity contribution in [3.8, 4) is 5.75 Å². The smallest absolute Gasteiger partial charge is 0.220 e. The fourth-order valence-electron chi connectivity index (χ4n) is 2.98. The summed E-state index contributed by atoms with van der Waals surface area (Å²) in [6.45, 7) is 5.84. The molecular weight excluding hydrogens is 479 g/mol. The number of halogens is 2. The van der Waals surface area contributed by atoms with Gasteiger partial charge in [0, 0.05) is 38.1 Å². The molecule has 0 spiro atoms. The first kappa shape index (κ1) is 23.8. The van der Waals surface area contributed by atoms with E-state index in [2.05, 4.69) is 27.4 Å². The molecule has 6 nitrogen and oxygen atoms in total. The van der Waals surface area contributed by atoms with Gasteiger partial charge in [0.2, 0.25) is 5.91 Å². The van der Waals surface area contributed by atoms with Gasteiger partial charge in [-0.25, -0.2) is 4.99 Å². The molecule has 0 aliphatic carbocycles. The highest BCUT2D eigenvalue weighted by molar-refractivity contribution is 14.0. The number of hydrogen-bond donors (Lipinski definition) is 2. The van der Waals surface area contributed by atoms with E-state index in [-0.39, 0.29) is 29.9 Å². The van der Waals surface area contributed by atoms with Gasteiger partial charge in [0.25, 0.3) is 0 Å². The van der Waals surface area contributed by atoms with Crippen LogP contribution in [0.1, 0.15) is 26.2 Å². The van der Waals surface area contributed by atoms with Crippen LogP contribution in [-0.2, 0) is 4.79 Å². The fraction of sp³-hybridized carbons (Fsp3) is 0.579. The van der Waals surface area contributed by atoms with E-state index in [1.165, 1.54) is 0 Å². The van der Waals surface area contributed by atoms with E-state index in [0.29, 0.717) is 30.5 Å². The first-order valence-corrected chi connectivity index (χ1v) is 9.62. The second-order valence-electron chi connectivity index (χ2n) is 6.35. The topological polar surface area (TPSA) is 66.0 Å². The van der Waals surface area contributed by atoms with Crippen LogP contribution in [-0.4, -0.2) is 56.6 Å². The summed E-state index contributed by atoms with van der Waals surface area (Å²) in [5.41, 5.74) is 0. The number of carbonyl (C=O) groups excluding carboxylic acids is 1. The van der Waals surface area contributed by atoms with Gasteiger partial charge in [-0.15, -0.1) is 24.0 Å². The van der Waals surface area contributed by atoms with E-state index in [4.69, 9.17) is 16.3 Å². The monoisotopic (exact) mass is 508 g/mol. The number of nitrogens with one attached hydrogen (secondary N) is 2. The molecule has 1 fully saturated rings. The Labute approximate surface area is 184 Å². The molecule has 8 heteroatoms. The summed E-state index contributed by atoms with van der Waals surface area (Å²) in [6, 6.07) is 7.34. The summed E-state index contributed by atoms with van der Waals surface area (Å²) in [5, 5.41) is 6.76. The molecule has 27 heavy (non-hydrogen) atoms. The molecule has 1 saturated heterocycles. The van der Waals surface area contributed by atoms with E-state index >= 15 is 0 Å². The Morgan fingerprint density at radius 1 is 1.30 bits per heavy atom. The van der Waals surface area contributed by atoms with Crippen LogP contribution in [0.15, 0.2) is 29.3 Å².